The lowest BCUT2D eigenvalue weighted by Crippen LogP contribution is -1.76. The molecule has 0 aromatic carbocycles. The van der Waals surface area contributed by atoms with E-state index in [2.05, 4.69) is 26.3 Å². The maximum absolute atomic E-state index is 3.88. The number of aromatic amines is 1. The zero-order valence-electron chi connectivity index (χ0n) is 4.50. The molecule has 0 saturated heterocycles. The molecule has 0 amide bonds. The highest BCUT2D eigenvalue weighted by Crippen LogP contribution is 1.98. The lowest BCUT2D eigenvalue weighted by Gasteiger charge is -1.80. The van der Waals surface area contributed by atoms with Crippen LogP contribution < -0.4 is 0 Å². The summed E-state index contributed by atoms with van der Waals surface area (Å²) in [6, 6.07) is 0. The van der Waals surface area contributed by atoms with Gasteiger partial charge in [-0.2, -0.15) is 0 Å². The summed E-state index contributed by atoms with van der Waals surface area (Å²) in [7, 11) is 0. The maximum atomic E-state index is 3.88. The molecule has 9 heavy (non-hydrogen) atoms. The highest BCUT2D eigenvalue weighted by atomic mass is 15.0. The van der Waals surface area contributed by atoms with Crippen LogP contribution in [0.25, 0.3) is 11.2 Å². The molecule has 4 nitrogen and oxygen atoms in total. The Hall–Kier alpha value is -1.45. The van der Waals surface area contributed by atoms with Crippen LogP contribution in [0.3, 0.4) is 0 Å². The highest BCUT2D eigenvalue weighted by molar-refractivity contribution is 5.67. The van der Waals surface area contributed by atoms with E-state index in [1.54, 1.807) is 6.20 Å². The number of hydrogen-bond donors (Lipinski definition) is 1. The van der Waals surface area contributed by atoms with Crippen molar-refractivity contribution in [1.29, 1.82) is 0 Å². The van der Waals surface area contributed by atoms with E-state index in [0.717, 1.165) is 11.2 Å². The lowest BCUT2D eigenvalue weighted by atomic mass is 10.6. The Labute approximate surface area is 51.0 Å². The fraction of sp³-hybridized carbons (Fsp3) is 0. The second-order valence-electron chi connectivity index (χ2n) is 1.61. The van der Waals surface area contributed by atoms with Crippen LogP contribution >= 0.6 is 0 Å². The van der Waals surface area contributed by atoms with Gasteiger partial charge in [0.2, 0.25) is 0 Å². The molecule has 2 rings (SSSR count). The molecule has 4 heteroatoms. The number of hydrogen-bond acceptors (Lipinski definition) is 3. The Morgan fingerprint density at radius 3 is 3.44 bits per heavy atom. The molecule has 43 valence electrons. The van der Waals surface area contributed by atoms with Crippen molar-refractivity contribution in [3.63, 3.8) is 0 Å². The van der Waals surface area contributed by atoms with Gasteiger partial charge in [0.1, 0.15) is 11.8 Å². The van der Waals surface area contributed by atoms with Crippen LogP contribution in [-0.2, 0) is 0 Å². The van der Waals surface area contributed by atoms with Gasteiger partial charge < -0.3 is 4.98 Å². The average Bonchev–Trinajstić information content (AvgIpc) is 2.33. The summed E-state index contributed by atoms with van der Waals surface area (Å²) in [6.45, 7) is 0. The van der Waals surface area contributed by atoms with Crippen molar-refractivity contribution >= 4 is 11.2 Å². The van der Waals surface area contributed by atoms with Crippen molar-refractivity contribution in [3.8, 4) is 0 Å². The molecule has 2 aromatic rings. The topological polar surface area (TPSA) is 54.5 Å². The minimum absolute atomic E-state index is 0.727. The largest absolute Gasteiger partial charge is 0.320 e. The Bertz CT molecular complexity index is 283. The average molecular weight is 119 g/mol. The second kappa shape index (κ2) is 1.51. The number of H-pyrrole nitrogens is 1. The summed E-state index contributed by atoms with van der Waals surface area (Å²) in [5.41, 5.74) is 1.47. The monoisotopic (exact) mass is 119 g/mol. The molecule has 1 radical (unpaired) electrons. The van der Waals surface area contributed by atoms with E-state index in [4.69, 9.17) is 0 Å². The van der Waals surface area contributed by atoms with E-state index in [1.165, 1.54) is 6.33 Å². The van der Waals surface area contributed by atoms with Gasteiger partial charge in [0.25, 0.3) is 0 Å². The van der Waals surface area contributed by atoms with Gasteiger partial charge in [0.15, 0.2) is 12.0 Å². The van der Waals surface area contributed by atoms with Crippen LogP contribution in [0.5, 0.6) is 0 Å². The Kier molecular flexibility index (Phi) is 0.745. The first-order chi connectivity index (χ1) is 4.47. The second-order valence-corrected chi connectivity index (χ2v) is 1.61. The van der Waals surface area contributed by atoms with Crippen LogP contribution in [0.1, 0.15) is 0 Å². The SMILES string of the molecule is [c]1nc2cncnc2[nH]1. The van der Waals surface area contributed by atoms with Crippen LogP contribution in [0.4, 0.5) is 0 Å². The number of imidazole rings is 1. The summed E-state index contributed by atoms with van der Waals surface area (Å²) in [4.78, 5) is 14.2. The number of fused-ring (bicyclic) bond motifs is 1. The van der Waals surface area contributed by atoms with Crippen molar-refractivity contribution in [2.24, 2.45) is 0 Å². The minimum Gasteiger partial charge on any atom is -0.320 e. The Balaban J connectivity index is 2.95. The van der Waals surface area contributed by atoms with Gasteiger partial charge in [-0.3, -0.25) is 0 Å². The minimum atomic E-state index is 0.727. The van der Waals surface area contributed by atoms with E-state index in [1.807, 2.05) is 0 Å². The van der Waals surface area contributed by atoms with E-state index in [-0.39, 0.29) is 0 Å². The van der Waals surface area contributed by atoms with Crippen LogP contribution in [0.15, 0.2) is 12.5 Å². The standard InChI is InChI=1S/C5H3N4/c1-4-5(8-2-6-1)9-3-7-4/h1-2H,(H,6,7,8,9). The number of nitrogens with one attached hydrogen (secondary N) is 1. The van der Waals surface area contributed by atoms with Crippen LogP contribution in [-0.4, -0.2) is 19.9 Å². The Morgan fingerprint density at radius 1 is 1.56 bits per heavy atom. The summed E-state index contributed by atoms with van der Waals surface area (Å²) in [5.74, 6) is 0. The lowest BCUT2D eigenvalue weighted by molar-refractivity contribution is 1.20. The molecule has 0 saturated carbocycles. The zero-order chi connectivity index (χ0) is 6.10. The number of nitrogens with zero attached hydrogens (tertiary/aromatic N) is 3. The van der Waals surface area contributed by atoms with E-state index in [9.17, 15) is 0 Å². The molecular weight excluding hydrogens is 116 g/mol. The first kappa shape index (κ1) is 4.43. The predicted octanol–water partition coefficient (Wildman–Crippen LogP) is 0.153. The Morgan fingerprint density at radius 2 is 2.56 bits per heavy atom. The molecule has 0 fully saturated rings. The summed E-state index contributed by atoms with van der Waals surface area (Å²) < 4.78 is 0. The number of rotatable bonds is 0. The highest BCUT2D eigenvalue weighted by Gasteiger charge is 1.91. The zero-order valence-corrected chi connectivity index (χ0v) is 4.50. The molecule has 1 N–H and O–H groups in total. The molecule has 0 aliphatic heterocycles. The van der Waals surface area contributed by atoms with Gasteiger partial charge in [0, 0.05) is 0 Å². The van der Waals surface area contributed by atoms with Gasteiger partial charge in [0.05, 0.1) is 6.20 Å². The summed E-state index contributed by atoms with van der Waals surface area (Å²) in [5, 5.41) is 0. The molecule has 0 atom stereocenters. The van der Waals surface area contributed by atoms with Crippen LogP contribution in [0, 0.1) is 6.33 Å². The van der Waals surface area contributed by atoms with Crippen molar-refractivity contribution in [3.05, 3.63) is 18.9 Å². The molecule has 0 aliphatic carbocycles. The van der Waals surface area contributed by atoms with Crippen molar-refractivity contribution in [1.82, 2.24) is 19.9 Å². The third-order valence-electron chi connectivity index (χ3n) is 1.04. The quantitative estimate of drug-likeness (QED) is 0.537. The first-order valence-corrected chi connectivity index (χ1v) is 2.48. The molecule has 0 bridgehead atoms. The van der Waals surface area contributed by atoms with Gasteiger partial charge in [-0.05, 0) is 0 Å². The third-order valence-corrected chi connectivity index (χ3v) is 1.04. The van der Waals surface area contributed by atoms with Gasteiger partial charge in [-0.15, -0.1) is 0 Å². The molecule has 2 heterocycles. The van der Waals surface area contributed by atoms with Crippen molar-refractivity contribution in [2.75, 3.05) is 0 Å². The van der Waals surface area contributed by atoms with Crippen molar-refractivity contribution in [2.45, 2.75) is 0 Å². The van der Waals surface area contributed by atoms with Gasteiger partial charge >= 0.3 is 0 Å². The smallest absolute Gasteiger partial charge is 0.175 e. The van der Waals surface area contributed by atoms with E-state index < -0.39 is 0 Å². The fourth-order valence-electron chi connectivity index (χ4n) is 0.642. The predicted molar refractivity (Wildman–Crippen MR) is 30.5 cm³/mol. The summed E-state index contributed by atoms with van der Waals surface area (Å²) in [6.07, 6.45) is 5.66. The molecule has 2 aromatic heterocycles. The van der Waals surface area contributed by atoms with Gasteiger partial charge in [-0.1, -0.05) is 0 Å². The molecular formula is C5H3N4. The molecule has 0 spiro atoms. The van der Waals surface area contributed by atoms with Crippen LogP contribution in [0.2, 0.25) is 0 Å². The molecule has 0 unspecified atom stereocenters. The van der Waals surface area contributed by atoms with Crippen molar-refractivity contribution < 1.29 is 0 Å². The first-order valence-electron chi connectivity index (χ1n) is 2.48. The van der Waals surface area contributed by atoms with E-state index >= 15 is 0 Å². The van der Waals surface area contributed by atoms with E-state index in [0.29, 0.717) is 0 Å². The molecule has 0 aliphatic rings. The summed E-state index contributed by atoms with van der Waals surface area (Å²) >= 11 is 0. The maximum Gasteiger partial charge on any atom is 0.175 e. The normalized spacial score (nSPS) is 10.2. The fourth-order valence-corrected chi connectivity index (χ4v) is 0.642. The third kappa shape index (κ3) is 0.561. The number of aromatic nitrogens is 4. The van der Waals surface area contributed by atoms with Gasteiger partial charge in [-0.25, -0.2) is 15.0 Å².